The molecule has 0 spiro atoms. The molecule has 0 bridgehead atoms. The second-order valence-electron chi connectivity index (χ2n) is 5.41. The fourth-order valence-electron chi connectivity index (χ4n) is 1.90. The predicted molar refractivity (Wildman–Crippen MR) is 83.5 cm³/mol. The van der Waals surface area contributed by atoms with Crippen LogP contribution in [0.1, 0.15) is 20.8 Å². The van der Waals surface area contributed by atoms with Crippen LogP contribution in [0.25, 0.3) is 11.4 Å². The Morgan fingerprint density at radius 2 is 1.57 bits per heavy atom. The van der Waals surface area contributed by atoms with Gasteiger partial charge in [-0.25, -0.2) is 8.42 Å². The number of hydrogen-bond donors (Lipinski definition) is 0. The van der Waals surface area contributed by atoms with Gasteiger partial charge in [0.05, 0.1) is 0 Å². The summed E-state index contributed by atoms with van der Waals surface area (Å²) in [4.78, 5) is 0. The second-order valence-corrected chi connectivity index (χ2v) is 8.74. The Labute approximate surface area is 137 Å². The van der Waals surface area contributed by atoms with Gasteiger partial charge >= 0.3 is 0 Å². The topological polar surface area (TPSA) is 64.8 Å². The van der Waals surface area contributed by atoms with E-state index in [-0.39, 0.29) is 5.16 Å². The van der Waals surface area contributed by atoms with E-state index in [0.717, 1.165) is 0 Å². The van der Waals surface area contributed by atoms with Crippen molar-refractivity contribution in [3.8, 4) is 11.4 Å². The maximum atomic E-state index is 11.7. The highest BCUT2D eigenvalue weighted by Gasteiger charge is 2.30. The summed E-state index contributed by atoms with van der Waals surface area (Å²) in [6.07, 6.45) is 0. The van der Waals surface area contributed by atoms with E-state index in [4.69, 9.17) is 33.9 Å². The van der Waals surface area contributed by atoms with Gasteiger partial charge in [0.15, 0.2) is 5.82 Å². The fraction of sp³-hybridized carbons (Fsp3) is 0.333. The first kappa shape index (κ1) is 16.5. The van der Waals surface area contributed by atoms with E-state index >= 15 is 0 Å². The molecular weight excluding hydrogens is 357 g/mol. The molecule has 0 radical (unpaired) electrons. The Balaban J connectivity index is 2.79. The minimum Gasteiger partial charge on any atom is -0.291 e. The van der Waals surface area contributed by atoms with Crippen molar-refractivity contribution in [1.29, 1.82) is 0 Å². The van der Waals surface area contributed by atoms with Crippen molar-refractivity contribution in [2.24, 2.45) is 0 Å². The summed E-state index contributed by atoms with van der Waals surface area (Å²) in [5, 5.41) is 8.14. The van der Waals surface area contributed by atoms with Gasteiger partial charge < -0.3 is 0 Å². The lowest BCUT2D eigenvalue weighted by Crippen LogP contribution is -2.25. The third kappa shape index (κ3) is 3.51. The molecule has 21 heavy (non-hydrogen) atoms. The maximum absolute atomic E-state index is 11.7. The predicted octanol–water partition coefficient (Wildman–Crippen LogP) is 3.93. The molecule has 2 aromatic rings. The average Bonchev–Trinajstić information content (AvgIpc) is 2.70. The zero-order valence-electron chi connectivity index (χ0n) is 11.4. The highest BCUT2D eigenvalue weighted by Crippen LogP contribution is 2.32. The summed E-state index contributed by atoms with van der Waals surface area (Å²) in [5.41, 5.74) is -0.0493. The molecular formula is C12H12Cl3N3O2S. The first-order valence-electron chi connectivity index (χ1n) is 5.87. The first-order chi connectivity index (χ1) is 9.50. The van der Waals surface area contributed by atoms with Crippen molar-refractivity contribution in [2.75, 3.05) is 0 Å². The van der Waals surface area contributed by atoms with Crippen LogP contribution in [-0.4, -0.2) is 23.2 Å². The number of halogens is 3. The summed E-state index contributed by atoms with van der Waals surface area (Å²) in [6, 6.07) is 4.83. The zero-order chi connectivity index (χ0) is 16.0. The molecule has 5 nitrogen and oxygen atoms in total. The lowest BCUT2D eigenvalue weighted by Gasteiger charge is -2.24. The normalized spacial score (nSPS) is 12.7. The molecule has 0 fully saturated rings. The third-order valence-corrected chi connectivity index (χ3v) is 4.19. The highest BCUT2D eigenvalue weighted by molar-refractivity contribution is 8.13. The van der Waals surface area contributed by atoms with E-state index in [2.05, 4.69) is 10.2 Å². The SMILES string of the molecule is CC(C)(C)n1c(-c2cc(Cl)cc(Cl)c2)nnc1S(=O)(=O)Cl. The third-order valence-electron chi connectivity index (χ3n) is 2.64. The molecule has 0 aliphatic carbocycles. The minimum absolute atomic E-state index is 0.317. The van der Waals surface area contributed by atoms with Crippen LogP contribution in [0.2, 0.25) is 10.0 Å². The molecule has 114 valence electrons. The van der Waals surface area contributed by atoms with Crippen molar-refractivity contribution in [1.82, 2.24) is 14.8 Å². The van der Waals surface area contributed by atoms with Crippen LogP contribution in [0.4, 0.5) is 0 Å². The summed E-state index contributed by atoms with van der Waals surface area (Å²) in [5.74, 6) is 0.325. The smallest absolute Gasteiger partial charge is 0.291 e. The van der Waals surface area contributed by atoms with Gasteiger partial charge in [-0.15, -0.1) is 10.2 Å². The Morgan fingerprint density at radius 1 is 1.05 bits per heavy atom. The molecule has 1 aromatic carbocycles. The summed E-state index contributed by atoms with van der Waals surface area (Å²) in [7, 11) is 1.40. The molecule has 0 saturated heterocycles. The Morgan fingerprint density at radius 3 is 2.00 bits per heavy atom. The van der Waals surface area contributed by atoms with Crippen LogP contribution in [0, 0.1) is 0 Å². The standard InChI is InChI=1S/C12H12Cl3N3O2S/c1-12(2,3)18-10(16-17-11(18)21(15,19)20)7-4-8(13)6-9(14)5-7/h4-6H,1-3H3. The van der Waals surface area contributed by atoms with Crippen LogP contribution in [0.15, 0.2) is 23.4 Å². The lowest BCUT2D eigenvalue weighted by atomic mass is 10.1. The Kier molecular flexibility index (Phi) is 4.28. The first-order valence-corrected chi connectivity index (χ1v) is 8.94. The van der Waals surface area contributed by atoms with Gasteiger partial charge in [0.2, 0.25) is 0 Å². The lowest BCUT2D eigenvalue weighted by molar-refractivity contribution is 0.367. The summed E-state index contributed by atoms with van der Waals surface area (Å²) < 4.78 is 24.8. The molecule has 0 aliphatic heterocycles. The van der Waals surface area contributed by atoms with E-state index < -0.39 is 14.6 Å². The van der Waals surface area contributed by atoms with Crippen molar-refractivity contribution in [3.05, 3.63) is 28.2 Å². The highest BCUT2D eigenvalue weighted by atomic mass is 35.7. The Bertz CT molecular complexity index is 774. The molecule has 9 heteroatoms. The largest absolute Gasteiger partial charge is 0.296 e. The van der Waals surface area contributed by atoms with Gasteiger partial charge in [-0.05, 0) is 39.0 Å². The molecule has 0 saturated carbocycles. The molecule has 0 amide bonds. The molecule has 1 aromatic heterocycles. The molecule has 2 rings (SSSR count). The zero-order valence-corrected chi connectivity index (χ0v) is 14.5. The average molecular weight is 369 g/mol. The van der Waals surface area contributed by atoms with Gasteiger partial charge in [-0.1, -0.05) is 23.2 Å². The van der Waals surface area contributed by atoms with Crippen molar-refractivity contribution in [2.45, 2.75) is 31.5 Å². The van der Waals surface area contributed by atoms with E-state index in [1.807, 2.05) is 20.8 Å². The van der Waals surface area contributed by atoms with Gasteiger partial charge in [0.25, 0.3) is 14.2 Å². The molecule has 1 heterocycles. The number of benzene rings is 1. The quantitative estimate of drug-likeness (QED) is 0.753. The number of rotatable bonds is 2. The van der Waals surface area contributed by atoms with Crippen LogP contribution in [0.3, 0.4) is 0 Å². The van der Waals surface area contributed by atoms with Crippen LogP contribution < -0.4 is 0 Å². The van der Waals surface area contributed by atoms with Crippen molar-refractivity contribution < 1.29 is 8.42 Å². The monoisotopic (exact) mass is 367 g/mol. The second kappa shape index (κ2) is 5.43. The molecule has 0 N–H and O–H groups in total. The van der Waals surface area contributed by atoms with E-state index in [1.54, 1.807) is 18.2 Å². The van der Waals surface area contributed by atoms with E-state index in [9.17, 15) is 8.42 Å². The van der Waals surface area contributed by atoms with Gasteiger partial charge in [-0.2, -0.15) is 0 Å². The molecule has 0 atom stereocenters. The fourth-order valence-corrected chi connectivity index (χ4v) is 3.44. The maximum Gasteiger partial charge on any atom is 0.296 e. The number of hydrogen-bond acceptors (Lipinski definition) is 4. The molecule has 0 unspecified atom stereocenters. The van der Waals surface area contributed by atoms with Crippen LogP contribution >= 0.6 is 33.9 Å². The van der Waals surface area contributed by atoms with Gasteiger partial charge in [0.1, 0.15) is 0 Å². The van der Waals surface area contributed by atoms with E-state index in [1.165, 1.54) is 4.57 Å². The van der Waals surface area contributed by atoms with Gasteiger partial charge in [0, 0.05) is 31.8 Å². The summed E-state index contributed by atoms with van der Waals surface area (Å²) >= 11 is 12.0. The van der Waals surface area contributed by atoms with Crippen molar-refractivity contribution in [3.63, 3.8) is 0 Å². The summed E-state index contributed by atoms with van der Waals surface area (Å²) in [6.45, 7) is 5.45. The van der Waals surface area contributed by atoms with E-state index in [0.29, 0.717) is 21.4 Å². The van der Waals surface area contributed by atoms with Gasteiger partial charge in [-0.3, -0.25) is 4.57 Å². The minimum atomic E-state index is -4.03. The van der Waals surface area contributed by atoms with Crippen LogP contribution in [-0.2, 0) is 14.6 Å². The van der Waals surface area contributed by atoms with Crippen LogP contribution in [0.5, 0.6) is 0 Å². The van der Waals surface area contributed by atoms with Crippen molar-refractivity contribution >= 4 is 42.9 Å². The number of aromatic nitrogens is 3. The molecule has 0 aliphatic rings. The number of nitrogens with zero attached hydrogens (tertiary/aromatic N) is 3. The Hall–Kier alpha value is -0.820.